The third-order valence-corrected chi connectivity index (χ3v) is 14.0. The summed E-state index contributed by atoms with van der Waals surface area (Å²) in [6.07, 6.45) is 0. The molecule has 0 atom stereocenters. The summed E-state index contributed by atoms with van der Waals surface area (Å²) in [4.78, 5) is 0. The molecule has 1 aliphatic rings. The van der Waals surface area contributed by atoms with Crippen molar-refractivity contribution in [3.63, 3.8) is 0 Å². The quantitative estimate of drug-likeness (QED) is 0.153. The molecule has 0 saturated heterocycles. The number of fused-ring (bicyclic) bond motifs is 8. The van der Waals surface area contributed by atoms with E-state index in [1.807, 2.05) is 0 Å². The van der Waals surface area contributed by atoms with E-state index in [1.54, 1.807) is 0 Å². The van der Waals surface area contributed by atoms with Crippen LogP contribution in [0.15, 0.2) is 200 Å². The first-order valence-electron chi connectivity index (χ1n) is 23.1. The molecule has 0 radical (unpaired) electrons. The fraction of sp³-hybridized carbons (Fsp3) is 0.129. The van der Waals surface area contributed by atoms with Gasteiger partial charge in [-0.1, -0.05) is 193 Å². The van der Waals surface area contributed by atoms with Gasteiger partial charge in [0.25, 0.3) is 0 Å². The normalized spacial score (nSPS) is 12.7. The monoisotopic (exact) mass is 834 g/mol. The van der Waals surface area contributed by atoms with Crippen LogP contribution in [0.1, 0.15) is 52.7 Å². The Kier molecular flexibility index (Phi) is 8.81. The SMILES string of the molecule is CC(C)(C)c1ccc2c(c1)c1cc(C(C)(C)C)cc3c1n2-c1ccccc1B3n1c2c(-c3ccccc3)cc(-c3ccccc3)cc2c2cc(-c3ccccc3)cc(-c3ccccc3)c21. The molecule has 0 unspecified atom stereocenters. The van der Waals surface area contributed by atoms with E-state index >= 15 is 0 Å². The summed E-state index contributed by atoms with van der Waals surface area (Å²) in [5, 5.41) is 5.12. The molecule has 0 N–H and O–H groups in total. The molecule has 3 heterocycles. The number of para-hydroxylation sites is 1. The lowest BCUT2D eigenvalue weighted by atomic mass is 9.47. The lowest BCUT2D eigenvalue weighted by Crippen LogP contribution is -2.53. The third-order valence-electron chi connectivity index (χ3n) is 14.0. The molecular formula is C62H51BN2. The molecule has 0 spiro atoms. The molecule has 312 valence electrons. The van der Waals surface area contributed by atoms with Gasteiger partial charge in [-0.2, -0.15) is 0 Å². The molecule has 9 aromatic carbocycles. The molecule has 2 aromatic heterocycles. The van der Waals surface area contributed by atoms with Crippen LogP contribution in [0.3, 0.4) is 0 Å². The van der Waals surface area contributed by atoms with Gasteiger partial charge in [-0.25, -0.2) is 0 Å². The Morgan fingerprint density at radius 3 is 1.29 bits per heavy atom. The van der Waals surface area contributed by atoms with Crippen LogP contribution in [-0.2, 0) is 10.8 Å². The van der Waals surface area contributed by atoms with Crippen LogP contribution >= 0.6 is 0 Å². The maximum Gasteiger partial charge on any atom is 0.332 e. The van der Waals surface area contributed by atoms with E-state index in [0.717, 1.165) is 0 Å². The van der Waals surface area contributed by atoms with Crippen LogP contribution in [0.2, 0.25) is 0 Å². The zero-order valence-corrected chi connectivity index (χ0v) is 38.0. The van der Waals surface area contributed by atoms with Gasteiger partial charge in [0.1, 0.15) is 0 Å². The second-order valence-corrected chi connectivity index (χ2v) is 20.2. The predicted molar refractivity (Wildman–Crippen MR) is 280 cm³/mol. The summed E-state index contributed by atoms with van der Waals surface area (Å²) in [6.45, 7) is 13.9. The molecule has 65 heavy (non-hydrogen) atoms. The number of aromatic nitrogens is 2. The average molecular weight is 835 g/mol. The second kappa shape index (κ2) is 14.6. The van der Waals surface area contributed by atoms with Crippen LogP contribution in [0.5, 0.6) is 0 Å². The Balaban J connectivity index is 1.32. The molecule has 2 nitrogen and oxygen atoms in total. The van der Waals surface area contributed by atoms with E-state index in [9.17, 15) is 0 Å². The van der Waals surface area contributed by atoms with Gasteiger partial charge in [0, 0.05) is 49.4 Å². The number of hydrogen-bond donors (Lipinski definition) is 0. The van der Waals surface area contributed by atoms with Gasteiger partial charge in [-0.05, 0) is 115 Å². The summed E-state index contributed by atoms with van der Waals surface area (Å²) in [5.74, 6) is 0. The summed E-state index contributed by atoms with van der Waals surface area (Å²) in [7, 11) is 0. The van der Waals surface area contributed by atoms with Gasteiger partial charge in [0.05, 0.1) is 11.0 Å². The van der Waals surface area contributed by atoms with Crippen LogP contribution in [0.25, 0.3) is 93.8 Å². The smallest absolute Gasteiger partial charge is 0.332 e. The minimum atomic E-state index is -0.162. The Hall–Kier alpha value is -7.36. The summed E-state index contributed by atoms with van der Waals surface area (Å²) >= 11 is 0. The van der Waals surface area contributed by atoms with Gasteiger partial charge >= 0.3 is 6.85 Å². The van der Waals surface area contributed by atoms with Crippen molar-refractivity contribution in [2.24, 2.45) is 0 Å². The van der Waals surface area contributed by atoms with E-state index in [4.69, 9.17) is 0 Å². The third kappa shape index (κ3) is 6.24. The zero-order chi connectivity index (χ0) is 44.2. The molecular weight excluding hydrogens is 784 g/mol. The number of benzene rings is 9. The first kappa shape index (κ1) is 39.3. The molecule has 0 bridgehead atoms. The lowest BCUT2D eigenvalue weighted by molar-refractivity contribution is 0.590. The van der Waals surface area contributed by atoms with Gasteiger partial charge in [0.15, 0.2) is 0 Å². The molecule has 0 aliphatic carbocycles. The van der Waals surface area contributed by atoms with E-state index in [1.165, 1.54) is 116 Å². The minimum Gasteiger partial charge on any atom is -0.375 e. The second-order valence-electron chi connectivity index (χ2n) is 20.2. The van der Waals surface area contributed by atoms with Crippen molar-refractivity contribution in [2.75, 3.05) is 0 Å². The number of rotatable bonds is 5. The first-order chi connectivity index (χ1) is 31.5. The fourth-order valence-corrected chi connectivity index (χ4v) is 10.7. The minimum absolute atomic E-state index is 0.00948. The van der Waals surface area contributed by atoms with Crippen molar-refractivity contribution in [1.82, 2.24) is 9.05 Å². The van der Waals surface area contributed by atoms with Crippen molar-refractivity contribution < 1.29 is 0 Å². The van der Waals surface area contributed by atoms with Crippen molar-refractivity contribution in [3.8, 4) is 50.2 Å². The molecule has 12 rings (SSSR count). The van der Waals surface area contributed by atoms with Gasteiger partial charge < -0.3 is 9.05 Å². The van der Waals surface area contributed by atoms with Crippen molar-refractivity contribution in [2.45, 2.75) is 52.4 Å². The number of hydrogen-bond acceptors (Lipinski definition) is 0. The molecule has 1 aliphatic heterocycles. The molecule has 3 heteroatoms. The van der Waals surface area contributed by atoms with E-state index < -0.39 is 0 Å². The largest absolute Gasteiger partial charge is 0.375 e. The first-order valence-corrected chi connectivity index (χ1v) is 23.1. The maximum absolute atomic E-state index is 2.76. The molecule has 11 aromatic rings. The van der Waals surface area contributed by atoms with Gasteiger partial charge in [-0.3, -0.25) is 0 Å². The topological polar surface area (TPSA) is 9.86 Å². The van der Waals surface area contributed by atoms with Gasteiger partial charge in [-0.15, -0.1) is 0 Å². The highest BCUT2D eigenvalue weighted by molar-refractivity contribution is 6.88. The van der Waals surface area contributed by atoms with Crippen LogP contribution in [0.4, 0.5) is 0 Å². The van der Waals surface area contributed by atoms with E-state index in [2.05, 4.69) is 251 Å². The van der Waals surface area contributed by atoms with Crippen molar-refractivity contribution in [3.05, 3.63) is 211 Å². The van der Waals surface area contributed by atoms with Gasteiger partial charge in [0.2, 0.25) is 0 Å². The van der Waals surface area contributed by atoms with Crippen molar-refractivity contribution >= 4 is 61.4 Å². The summed E-state index contributed by atoms with van der Waals surface area (Å²) < 4.78 is 5.34. The Morgan fingerprint density at radius 2 is 0.785 bits per heavy atom. The Bertz CT molecular complexity index is 3500. The fourth-order valence-electron chi connectivity index (χ4n) is 10.7. The summed E-state index contributed by atoms with van der Waals surface area (Å²) in [6, 6.07) is 75.3. The highest BCUT2D eigenvalue weighted by atomic mass is 15.0. The zero-order valence-electron chi connectivity index (χ0n) is 38.0. The predicted octanol–water partition coefficient (Wildman–Crippen LogP) is 15.1. The molecule has 0 saturated carbocycles. The van der Waals surface area contributed by atoms with Crippen LogP contribution in [0, 0.1) is 0 Å². The van der Waals surface area contributed by atoms with Crippen LogP contribution < -0.4 is 10.9 Å². The van der Waals surface area contributed by atoms with E-state index in [-0.39, 0.29) is 17.7 Å². The Labute approximate surface area is 382 Å². The maximum atomic E-state index is 2.76. The highest BCUT2D eigenvalue weighted by Crippen LogP contribution is 2.46. The molecule has 0 fully saturated rings. The highest BCUT2D eigenvalue weighted by Gasteiger charge is 2.39. The number of nitrogens with zero attached hydrogens (tertiary/aromatic N) is 2. The van der Waals surface area contributed by atoms with Crippen molar-refractivity contribution in [1.29, 1.82) is 0 Å². The standard InChI is InChI=1S/C62H51BN2/c1-61(2,3)46-31-32-56-50(37-46)53-38-47(62(4,5)6)39-55-60(53)64(56)57-30-20-19-29-54(57)63(55)65-58-48(42-25-15-9-16-26-42)33-44(40-21-11-7-12-22-40)35-51(58)52-36-45(41-23-13-8-14-24-41)34-49(59(52)65)43-27-17-10-18-28-43/h7-39H,1-6H3. The average Bonchev–Trinajstić information content (AvgIpc) is 3.84. The summed E-state index contributed by atoms with van der Waals surface area (Å²) in [5.41, 5.74) is 21.2. The lowest BCUT2D eigenvalue weighted by Gasteiger charge is -2.31. The van der Waals surface area contributed by atoms with E-state index in [0.29, 0.717) is 0 Å². The Morgan fingerprint density at radius 1 is 0.338 bits per heavy atom. The van der Waals surface area contributed by atoms with Crippen LogP contribution in [-0.4, -0.2) is 15.9 Å². The molecule has 0 amide bonds.